The summed E-state index contributed by atoms with van der Waals surface area (Å²) >= 11 is 0. The van der Waals surface area contributed by atoms with Crippen LogP contribution >= 0.6 is 0 Å². The molecule has 2 aliphatic rings. The van der Waals surface area contributed by atoms with E-state index in [1.54, 1.807) is 0 Å². The van der Waals surface area contributed by atoms with Gasteiger partial charge in [-0.05, 0) is 83.7 Å². The van der Waals surface area contributed by atoms with Crippen molar-refractivity contribution < 1.29 is 13.5 Å². The summed E-state index contributed by atoms with van der Waals surface area (Å²) in [7, 11) is 0. The number of hydrogen-bond donors (Lipinski definition) is 0. The Morgan fingerprint density at radius 3 is 2.53 bits per heavy atom. The highest BCUT2D eigenvalue weighted by Crippen LogP contribution is 2.49. The molecule has 1 fully saturated rings. The molecule has 4 rings (SSSR count). The van der Waals surface area contributed by atoms with Crippen molar-refractivity contribution in [1.82, 2.24) is 4.90 Å². The van der Waals surface area contributed by atoms with Gasteiger partial charge in [-0.3, -0.25) is 0 Å². The summed E-state index contributed by atoms with van der Waals surface area (Å²) in [5.41, 5.74) is 7.84. The molecule has 1 heterocycles. The lowest BCUT2D eigenvalue weighted by molar-refractivity contribution is -0.135. The van der Waals surface area contributed by atoms with E-state index in [-0.39, 0.29) is 17.9 Å². The van der Waals surface area contributed by atoms with Crippen LogP contribution in [0.1, 0.15) is 73.8 Å². The van der Waals surface area contributed by atoms with E-state index in [1.807, 2.05) is 6.07 Å². The summed E-state index contributed by atoms with van der Waals surface area (Å²) in [5, 5.41) is 0. The Balaban J connectivity index is 1.46. The third-order valence-electron chi connectivity index (χ3n) is 7.92. The topological polar surface area (TPSA) is 12.5 Å². The van der Waals surface area contributed by atoms with E-state index >= 15 is 0 Å². The smallest absolute Gasteiger partial charge is 0.345 e. The molecule has 0 N–H and O–H groups in total. The first kappa shape index (κ1) is 24.9. The summed E-state index contributed by atoms with van der Waals surface area (Å²) in [6.45, 7) is 10.5. The number of piperidine rings is 1. The number of aryl methyl sites for hydroxylation is 1. The molecule has 1 unspecified atom stereocenters. The SMILES string of the molecule is C=C(c1ccc(CC(C)C)c(CC)c1)N1CCC2(CC1)Cc1ccccc1C(COC(F)F)C2. The molecular weight excluding hydrogens is 428 g/mol. The summed E-state index contributed by atoms with van der Waals surface area (Å²) in [6, 6.07) is 15.2. The number of ether oxygens (including phenoxy) is 1. The lowest BCUT2D eigenvalue weighted by Gasteiger charge is -2.48. The molecule has 1 saturated heterocycles. The van der Waals surface area contributed by atoms with Gasteiger partial charge in [-0.1, -0.05) is 63.7 Å². The molecule has 0 aromatic heterocycles. The molecule has 1 aliphatic carbocycles. The minimum absolute atomic E-state index is 0.0364. The van der Waals surface area contributed by atoms with E-state index < -0.39 is 6.61 Å². The van der Waals surface area contributed by atoms with Crippen LogP contribution in [-0.4, -0.2) is 31.2 Å². The second-order valence-electron chi connectivity index (χ2n) is 10.7. The van der Waals surface area contributed by atoms with Gasteiger partial charge in [0.05, 0.1) is 6.61 Å². The summed E-state index contributed by atoms with van der Waals surface area (Å²) in [6.07, 6.45) is 6.20. The van der Waals surface area contributed by atoms with Crippen molar-refractivity contribution in [2.45, 2.75) is 71.8 Å². The number of nitrogens with zero attached hydrogens (tertiary/aromatic N) is 1. The molecule has 1 aliphatic heterocycles. The zero-order valence-corrected chi connectivity index (χ0v) is 21.0. The summed E-state index contributed by atoms with van der Waals surface area (Å²) in [5.74, 6) is 0.683. The van der Waals surface area contributed by atoms with E-state index in [2.05, 4.69) is 68.6 Å². The molecular formula is C30H39F2NO. The molecule has 2 nitrogen and oxygen atoms in total. The second-order valence-corrected chi connectivity index (χ2v) is 10.7. The van der Waals surface area contributed by atoms with Gasteiger partial charge in [-0.25, -0.2) is 0 Å². The largest absolute Gasteiger partial charge is 0.371 e. The quantitative estimate of drug-likeness (QED) is 0.399. The van der Waals surface area contributed by atoms with Crippen molar-refractivity contribution in [3.63, 3.8) is 0 Å². The van der Waals surface area contributed by atoms with Gasteiger partial charge in [-0.2, -0.15) is 8.78 Å². The molecule has 34 heavy (non-hydrogen) atoms. The van der Waals surface area contributed by atoms with Gasteiger partial charge in [-0.15, -0.1) is 0 Å². The maximum atomic E-state index is 12.8. The zero-order valence-electron chi connectivity index (χ0n) is 21.0. The van der Waals surface area contributed by atoms with Crippen LogP contribution < -0.4 is 0 Å². The first-order valence-electron chi connectivity index (χ1n) is 12.8. The standard InChI is InChI=1S/C30H39F2NO/c1-5-23-17-24(10-11-25(23)16-21(2)3)22(4)33-14-12-30(13-15-33)18-26-8-6-7-9-28(26)27(19-30)20-34-29(31)32/h6-11,17,21,27,29H,4-5,12-16,18-20H2,1-3H3. The van der Waals surface area contributed by atoms with Crippen molar-refractivity contribution in [1.29, 1.82) is 0 Å². The molecule has 0 amide bonds. The molecule has 2 aromatic carbocycles. The lowest BCUT2D eigenvalue weighted by Crippen LogP contribution is -2.43. The molecule has 4 heteroatoms. The van der Waals surface area contributed by atoms with Crippen LogP contribution in [0.5, 0.6) is 0 Å². The average Bonchev–Trinajstić information content (AvgIpc) is 2.82. The first-order valence-corrected chi connectivity index (χ1v) is 12.8. The van der Waals surface area contributed by atoms with Gasteiger partial charge in [0.15, 0.2) is 0 Å². The predicted octanol–water partition coefficient (Wildman–Crippen LogP) is 7.47. The normalized spacial score (nSPS) is 19.6. The molecule has 1 atom stereocenters. The highest BCUT2D eigenvalue weighted by Gasteiger charge is 2.41. The monoisotopic (exact) mass is 467 g/mol. The van der Waals surface area contributed by atoms with Crippen LogP contribution in [0.2, 0.25) is 0 Å². The fourth-order valence-corrected chi connectivity index (χ4v) is 6.13. The third kappa shape index (κ3) is 5.54. The Hall–Kier alpha value is -2.20. The fourth-order valence-electron chi connectivity index (χ4n) is 6.13. The van der Waals surface area contributed by atoms with Crippen molar-refractivity contribution >= 4 is 5.70 Å². The second kappa shape index (κ2) is 10.6. The highest BCUT2D eigenvalue weighted by atomic mass is 19.3. The molecule has 0 radical (unpaired) electrons. The van der Waals surface area contributed by atoms with Gasteiger partial charge >= 0.3 is 6.61 Å². The van der Waals surface area contributed by atoms with Gasteiger partial charge < -0.3 is 9.64 Å². The van der Waals surface area contributed by atoms with Crippen molar-refractivity contribution in [2.24, 2.45) is 11.3 Å². The number of rotatable bonds is 8. The number of fused-ring (bicyclic) bond motifs is 1. The molecule has 2 aromatic rings. The summed E-state index contributed by atoms with van der Waals surface area (Å²) in [4.78, 5) is 2.42. The predicted molar refractivity (Wildman–Crippen MR) is 136 cm³/mol. The van der Waals surface area contributed by atoms with Crippen LogP contribution in [0.15, 0.2) is 49.0 Å². The highest BCUT2D eigenvalue weighted by molar-refractivity contribution is 5.63. The van der Waals surface area contributed by atoms with E-state index in [4.69, 9.17) is 4.74 Å². The third-order valence-corrected chi connectivity index (χ3v) is 7.92. The average molecular weight is 468 g/mol. The van der Waals surface area contributed by atoms with Gasteiger partial charge in [0.25, 0.3) is 0 Å². The van der Waals surface area contributed by atoms with Crippen LogP contribution in [0, 0.1) is 11.3 Å². The van der Waals surface area contributed by atoms with Crippen molar-refractivity contribution in [3.8, 4) is 0 Å². The van der Waals surface area contributed by atoms with Crippen LogP contribution in [0.3, 0.4) is 0 Å². The van der Waals surface area contributed by atoms with Gasteiger partial charge in [0, 0.05) is 24.7 Å². The summed E-state index contributed by atoms with van der Waals surface area (Å²) < 4.78 is 30.4. The fraction of sp³-hybridized carbons (Fsp3) is 0.533. The van der Waals surface area contributed by atoms with E-state index in [1.165, 1.54) is 27.8 Å². The van der Waals surface area contributed by atoms with E-state index in [0.717, 1.165) is 57.3 Å². The number of halogens is 2. The molecule has 0 saturated carbocycles. The Morgan fingerprint density at radius 2 is 1.85 bits per heavy atom. The van der Waals surface area contributed by atoms with Crippen LogP contribution in [0.25, 0.3) is 5.70 Å². The Kier molecular flexibility index (Phi) is 7.77. The minimum Gasteiger partial charge on any atom is -0.371 e. The first-order chi connectivity index (χ1) is 16.3. The Labute approximate surface area is 204 Å². The number of alkyl halides is 2. The minimum atomic E-state index is -2.71. The van der Waals surface area contributed by atoms with Crippen molar-refractivity contribution in [3.05, 3.63) is 76.9 Å². The Morgan fingerprint density at radius 1 is 1.12 bits per heavy atom. The van der Waals surface area contributed by atoms with Crippen LogP contribution in [0.4, 0.5) is 8.78 Å². The number of benzene rings is 2. The zero-order chi connectivity index (χ0) is 24.3. The van der Waals surface area contributed by atoms with Crippen LogP contribution in [-0.2, 0) is 24.0 Å². The molecule has 184 valence electrons. The molecule has 0 bridgehead atoms. The number of hydrogen-bond acceptors (Lipinski definition) is 2. The van der Waals surface area contributed by atoms with Crippen molar-refractivity contribution in [2.75, 3.05) is 19.7 Å². The molecule has 1 spiro atoms. The van der Waals surface area contributed by atoms with Gasteiger partial charge in [0.1, 0.15) is 0 Å². The Bertz CT molecular complexity index is 991. The maximum absolute atomic E-state index is 12.8. The maximum Gasteiger partial charge on any atom is 0.345 e. The number of likely N-dealkylation sites (tertiary alicyclic amines) is 1. The van der Waals surface area contributed by atoms with E-state index in [9.17, 15) is 8.78 Å². The van der Waals surface area contributed by atoms with Gasteiger partial charge in [0.2, 0.25) is 0 Å². The van der Waals surface area contributed by atoms with E-state index in [0.29, 0.717) is 5.92 Å². The lowest BCUT2D eigenvalue weighted by atomic mass is 9.63.